The molecule has 0 aliphatic carbocycles. The number of nitrogens with one attached hydrogen (secondary N) is 1. The van der Waals surface area contributed by atoms with Crippen LogP contribution in [0.15, 0.2) is 6.20 Å². The maximum Gasteiger partial charge on any atom is 0.276 e. The lowest BCUT2D eigenvalue weighted by Gasteiger charge is -2.23. The van der Waals surface area contributed by atoms with Crippen LogP contribution in [-0.2, 0) is 20.1 Å². The molecule has 27 heavy (non-hydrogen) atoms. The number of nitrogens with zero attached hydrogens (tertiary/aromatic N) is 6. The lowest BCUT2D eigenvalue weighted by Crippen LogP contribution is -2.34. The number of aryl methyl sites for hydroxylation is 3. The van der Waals surface area contributed by atoms with E-state index in [9.17, 15) is 4.79 Å². The highest BCUT2D eigenvalue weighted by Crippen LogP contribution is 2.16. The summed E-state index contributed by atoms with van der Waals surface area (Å²) in [7, 11) is 1.93. The van der Waals surface area contributed by atoms with E-state index in [-0.39, 0.29) is 5.91 Å². The van der Waals surface area contributed by atoms with Crippen molar-refractivity contribution >= 4 is 5.91 Å². The van der Waals surface area contributed by atoms with Gasteiger partial charge >= 0.3 is 0 Å². The number of aromatic nitrogens is 5. The fraction of sp³-hybridized carbons (Fsp3) is 0.684. The molecular formula is C19H31N7O. The number of rotatable bonds is 7. The summed E-state index contributed by atoms with van der Waals surface area (Å²) in [6.45, 7) is 9.04. The van der Waals surface area contributed by atoms with Crippen LogP contribution in [0.5, 0.6) is 0 Å². The summed E-state index contributed by atoms with van der Waals surface area (Å²) in [6, 6.07) is 0.547. The first-order valence-electron chi connectivity index (χ1n) is 9.91. The molecule has 1 atom stereocenters. The van der Waals surface area contributed by atoms with E-state index in [1.807, 2.05) is 32.5 Å². The van der Waals surface area contributed by atoms with Crippen LogP contribution in [0.25, 0.3) is 0 Å². The smallest absolute Gasteiger partial charge is 0.276 e. The minimum atomic E-state index is -0.0813. The van der Waals surface area contributed by atoms with E-state index in [1.165, 1.54) is 19.3 Å². The summed E-state index contributed by atoms with van der Waals surface area (Å²) >= 11 is 0. The summed E-state index contributed by atoms with van der Waals surface area (Å²) in [5.74, 6) is -0.0813. The Labute approximate surface area is 160 Å². The van der Waals surface area contributed by atoms with Crippen LogP contribution in [0.1, 0.15) is 60.0 Å². The zero-order valence-corrected chi connectivity index (χ0v) is 16.9. The SMILES string of the molecule is CCN(Cc1c(C)nn(C)c1C)C(=O)c1cn(CC[C@H]2CCCCN2)nn1. The molecule has 1 N–H and O–H groups in total. The Kier molecular flexibility index (Phi) is 6.26. The van der Waals surface area contributed by atoms with E-state index in [0.717, 1.165) is 36.5 Å². The second-order valence-corrected chi connectivity index (χ2v) is 7.39. The molecule has 0 unspecified atom stereocenters. The van der Waals surface area contributed by atoms with Crippen LogP contribution < -0.4 is 5.32 Å². The van der Waals surface area contributed by atoms with Crippen LogP contribution in [-0.4, -0.2) is 54.7 Å². The van der Waals surface area contributed by atoms with Gasteiger partial charge < -0.3 is 10.2 Å². The third-order valence-electron chi connectivity index (χ3n) is 5.55. The molecular weight excluding hydrogens is 342 g/mol. The quantitative estimate of drug-likeness (QED) is 0.801. The molecule has 2 aromatic heterocycles. The minimum absolute atomic E-state index is 0.0813. The molecule has 1 aliphatic rings. The highest BCUT2D eigenvalue weighted by molar-refractivity contribution is 5.91. The minimum Gasteiger partial charge on any atom is -0.333 e. The molecule has 148 valence electrons. The van der Waals surface area contributed by atoms with Gasteiger partial charge in [-0.2, -0.15) is 5.10 Å². The maximum atomic E-state index is 12.9. The summed E-state index contributed by atoms with van der Waals surface area (Å²) in [6.07, 6.45) is 6.56. The van der Waals surface area contributed by atoms with Gasteiger partial charge in [0.2, 0.25) is 0 Å². The lowest BCUT2D eigenvalue weighted by atomic mass is 10.0. The fourth-order valence-electron chi connectivity index (χ4n) is 3.69. The van der Waals surface area contributed by atoms with Gasteiger partial charge in [-0.1, -0.05) is 11.6 Å². The highest BCUT2D eigenvalue weighted by Gasteiger charge is 2.21. The van der Waals surface area contributed by atoms with E-state index in [0.29, 0.717) is 24.8 Å². The standard InChI is InChI=1S/C19H31N7O/c1-5-25(12-17-14(2)22-24(4)15(17)3)19(27)18-13-26(23-21-18)11-9-16-8-6-7-10-20-16/h13,16,20H,5-12H2,1-4H3/t16-/m1/s1. The van der Waals surface area contributed by atoms with E-state index in [4.69, 9.17) is 0 Å². The van der Waals surface area contributed by atoms with Gasteiger partial charge in [0, 0.05) is 44.0 Å². The van der Waals surface area contributed by atoms with Gasteiger partial charge in [-0.15, -0.1) is 5.10 Å². The van der Waals surface area contributed by atoms with Crippen molar-refractivity contribution < 1.29 is 4.79 Å². The Balaban J connectivity index is 1.62. The molecule has 3 rings (SSSR count). The average Bonchev–Trinajstić information content (AvgIpc) is 3.24. The molecule has 0 spiro atoms. The van der Waals surface area contributed by atoms with Gasteiger partial charge in [0.05, 0.1) is 11.9 Å². The number of carbonyl (C=O) groups is 1. The number of piperidine rings is 1. The van der Waals surface area contributed by atoms with Gasteiger partial charge in [0.25, 0.3) is 5.91 Å². The fourth-order valence-corrected chi connectivity index (χ4v) is 3.69. The molecule has 0 radical (unpaired) electrons. The Morgan fingerprint density at radius 3 is 2.81 bits per heavy atom. The Morgan fingerprint density at radius 1 is 1.37 bits per heavy atom. The number of carbonyl (C=O) groups excluding carboxylic acids is 1. The zero-order valence-electron chi connectivity index (χ0n) is 16.9. The first kappa shape index (κ1) is 19.5. The topological polar surface area (TPSA) is 80.9 Å². The van der Waals surface area contributed by atoms with Gasteiger partial charge in [-0.25, -0.2) is 0 Å². The monoisotopic (exact) mass is 373 g/mol. The molecule has 8 heteroatoms. The van der Waals surface area contributed by atoms with Crippen molar-refractivity contribution in [1.82, 2.24) is 35.0 Å². The van der Waals surface area contributed by atoms with Gasteiger partial charge in [-0.3, -0.25) is 14.2 Å². The lowest BCUT2D eigenvalue weighted by molar-refractivity contribution is 0.0746. The molecule has 1 amide bonds. The average molecular weight is 374 g/mol. The molecule has 2 aromatic rings. The van der Waals surface area contributed by atoms with Crippen molar-refractivity contribution in [1.29, 1.82) is 0 Å². The summed E-state index contributed by atoms with van der Waals surface area (Å²) in [4.78, 5) is 14.7. The summed E-state index contributed by atoms with van der Waals surface area (Å²) < 4.78 is 3.65. The molecule has 1 saturated heterocycles. The van der Waals surface area contributed by atoms with Crippen LogP contribution >= 0.6 is 0 Å². The van der Waals surface area contributed by atoms with Crippen LogP contribution in [0, 0.1) is 13.8 Å². The normalized spacial score (nSPS) is 17.3. The Bertz CT molecular complexity index is 773. The number of hydrogen-bond acceptors (Lipinski definition) is 5. The molecule has 0 saturated carbocycles. The molecule has 0 aromatic carbocycles. The Hall–Kier alpha value is -2.22. The summed E-state index contributed by atoms with van der Waals surface area (Å²) in [5.41, 5.74) is 3.56. The van der Waals surface area contributed by atoms with Crippen LogP contribution in [0.3, 0.4) is 0 Å². The zero-order chi connectivity index (χ0) is 19.4. The third kappa shape index (κ3) is 4.55. The van der Waals surface area contributed by atoms with Crippen LogP contribution in [0.4, 0.5) is 0 Å². The first-order chi connectivity index (χ1) is 13.0. The van der Waals surface area contributed by atoms with Gasteiger partial charge in [0.15, 0.2) is 5.69 Å². The number of hydrogen-bond donors (Lipinski definition) is 1. The van der Waals surface area contributed by atoms with E-state index in [1.54, 1.807) is 15.8 Å². The second kappa shape index (κ2) is 8.65. The molecule has 0 bridgehead atoms. The number of amides is 1. The van der Waals surface area contributed by atoms with E-state index >= 15 is 0 Å². The van der Waals surface area contributed by atoms with Crippen molar-refractivity contribution in [3.05, 3.63) is 28.8 Å². The molecule has 1 aliphatic heterocycles. The third-order valence-corrected chi connectivity index (χ3v) is 5.55. The highest BCUT2D eigenvalue weighted by atomic mass is 16.2. The van der Waals surface area contributed by atoms with Crippen molar-refractivity contribution in [2.75, 3.05) is 13.1 Å². The first-order valence-corrected chi connectivity index (χ1v) is 9.91. The Morgan fingerprint density at radius 2 is 2.19 bits per heavy atom. The van der Waals surface area contributed by atoms with E-state index in [2.05, 4.69) is 20.7 Å². The molecule has 1 fully saturated rings. The predicted molar refractivity (Wildman–Crippen MR) is 103 cm³/mol. The maximum absolute atomic E-state index is 12.9. The molecule has 8 nitrogen and oxygen atoms in total. The van der Waals surface area contributed by atoms with Crippen molar-refractivity contribution in [2.24, 2.45) is 7.05 Å². The second-order valence-electron chi connectivity index (χ2n) is 7.39. The van der Waals surface area contributed by atoms with Crippen LogP contribution in [0.2, 0.25) is 0 Å². The predicted octanol–water partition coefficient (Wildman–Crippen LogP) is 1.82. The summed E-state index contributed by atoms with van der Waals surface area (Å²) in [5, 5.41) is 16.3. The largest absolute Gasteiger partial charge is 0.333 e. The molecule has 3 heterocycles. The van der Waals surface area contributed by atoms with Crippen molar-refractivity contribution in [3.8, 4) is 0 Å². The van der Waals surface area contributed by atoms with Crippen molar-refractivity contribution in [2.45, 2.75) is 65.6 Å². The van der Waals surface area contributed by atoms with Crippen molar-refractivity contribution in [3.63, 3.8) is 0 Å². The van der Waals surface area contributed by atoms with Gasteiger partial charge in [0.1, 0.15) is 0 Å². The van der Waals surface area contributed by atoms with Gasteiger partial charge in [-0.05, 0) is 46.6 Å². The van der Waals surface area contributed by atoms with E-state index < -0.39 is 0 Å².